The highest BCUT2D eigenvalue weighted by atomic mass is 16.6. The first-order valence-electron chi connectivity index (χ1n) is 8.99. The van der Waals surface area contributed by atoms with Crippen LogP contribution in [0.4, 0.5) is 11.4 Å². The van der Waals surface area contributed by atoms with Crippen molar-refractivity contribution in [2.45, 2.75) is 6.61 Å². The van der Waals surface area contributed by atoms with Gasteiger partial charge in [0, 0.05) is 17.8 Å². The highest BCUT2D eigenvalue weighted by Gasteiger charge is 2.11. The molecule has 152 valence electrons. The fraction of sp³-hybridized carbons (Fsp3) is 0.0909. The lowest BCUT2D eigenvalue weighted by atomic mass is 10.2. The molecule has 3 aromatic rings. The molecule has 30 heavy (non-hydrogen) atoms. The van der Waals surface area contributed by atoms with Crippen molar-refractivity contribution in [3.8, 4) is 5.75 Å². The number of nitro benzene ring substituents is 1. The van der Waals surface area contributed by atoms with Gasteiger partial charge in [-0.3, -0.25) is 14.9 Å². The lowest BCUT2D eigenvalue weighted by Gasteiger charge is -2.08. The van der Waals surface area contributed by atoms with Crippen molar-refractivity contribution in [1.82, 2.24) is 0 Å². The number of nitrogens with zero attached hydrogens (tertiary/aromatic N) is 1. The Kier molecular flexibility index (Phi) is 6.73. The Labute approximate surface area is 172 Å². The third kappa shape index (κ3) is 5.90. The molecule has 0 aliphatic heterocycles. The van der Waals surface area contributed by atoms with E-state index in [1.54, 1.807) is 24.3 Å². The Morgan fingerprint density at radius 2 is 1.57 bits per heavy atom. The monoisotopic (exact) mass is 406 g/mol. The topological polar surface area (TPSA) is 108 Å². The molecule has 3 rings (SSSR count). The Morgan fingerprint density at radius 1 is 0.900 bits per heavy atom. The lowest BCUT2D eigenvalue weighted by molar-refractivity contribution is -0.384. The lowest BCUT2D eigenvalue weighted by Crippen LogP contribution is -2.20. The molecule has 1 amide bonds. The van der Waals surface area contributed by atoms with Crippen LogP contribution in [0.2, 0.25) is 0 Å². The molecule has 0 aliphatic carbocycles. The largest absolute Gasteiger partial charge is 0.489 e. The number of benzene rings is 3. The van der Waals surface area contributed by atoms with Crippen LogP contribution < -0.4 is 10.1 Å². The molecule has 1 N–H and O–H groups in total. The summed E-state index contributed by atoms with van der Waals surface area (Å²) in [6.45, 7) is -0.0739. The molecule has 0 fully saturated rings. The molecule has 8 nitrogen and oxygen atoms in total. The minimum absolute atomic E-state index is 0.0874. The van der Waals surface area contributed by atoms with E-state index < -0.39 is 23.4 Å². The second kappa shape index (κ2) is 9.83. The van der Waals surface area contributed by atoms with E-state index in [1.165, 1.54) is 24.3 Å². The Bertz CT molecular complexity index is 1020. The van der Waals surface area contributed by atoms with E-state index in [4.69, 9.17) is 9.47 Å². The predicted molar refractivity (Wildman–Crippen MR) is 109 cm³/mol. The minimum atomic E-state index is -0.650. The maximum atomic E-state index is 12.1. The molecule has 0 aromatic heterocycles. The van der Waals surface area contributed by atoms with Crippen LogP contribution in [0.5, 0.6) is 5.75 Å². The zero-order valence-corrected chi connectivity index (χ0v) is 15.8. The van der Waals surface area contributed by atoms with E-state index in [1.807, 2.05) is 30.3 Å². The van der Waals surface area contributed by atoms with Gasteiger partial charge in [-0.15, -0.1) is 0 Å². The number of rotatable bonds is 8. The third-order valence-corrected chi connectivity index (χ3v) is 4.03. The molecular weight excluding hydrogens is 388 g/mol. The second-order valence-electron chi connectivity index (χ2n) is 6.23. The standard InChI is InChI=1S/C22H18N2O6/c25-21(23-18-8-10-19(11-9-18)24(27)28)15-30-22(26)17-6-12-20(13-7-17)29-14-16-4-2-1-3-5-16/h1-13H,14-15H2,(H,23,25). The normalized spacial score (nSPS) is 10.1. The maximum Gasteiger partial charge on any atom is 0.338 e. The van der Waals surface area contributed by atoms with Crippen molar-refractivity contribution >= 4 is 23.3 Å². The summed E-state index contributed by atoms with van der Waals surface area (Å²) in [6.07, 6.45) is 0. The highest BCUT2D eigenvalue weighted by molar-refractivity contribution is 5.95. The number of nitrogens with one attached hydrogen (secondary N) is 1. The van der Waals surface area contributed by atoms with Crippen molar-refractivity contribution in [3.05, 3.63) is 100 Å². The quantitative estimate of drug-likeness (QED) is 0.345. The minimum Gasteiger partial charge on any atom is -0.489 e. The average molecular weight is 406 g/mol. The summed E-state index contributed by atoms with van der Waals surface area (Å²) in [5.74, 6) is -0.602. The van der Waals surface area contributed by atoms with E-state index in [9.17, 15) is 19.7 Å². The SMILES string of the molecule is O=C(COC(=O)c1ccc(OCc2ccccc2)cc1)Nc1ccc([N+](=O)[O-])cc1. The number of carbonyl (C=O) groups excluding carboxylic acids is 2. The average Bonchev–Trinajstić information content (AvgIpc) is 2.77. The van der Waals surface area contributed by atoms with Crippen molar-refractivity contribution in [2.75, 3.05) is 11.9 Å². The van der Waals surface area contributed by atoms with Crippen molar-refractivity contribution < 1.29 is 24.0 Å². The molecular formula is C22H18N2O6. The number of nitro groups is 1. The smallest absolute Gasteiger partial charge is 0.338 e. The number of carbonyl (C=O) groups is 2. The number of hydrogen-bond donors (Lipinski definition) is 1. The van der Waals surface area contributed by atoms with Gasteiger partial charge in [0.25, 0.3) is 11.6 Å². The highest BCUT2D eigenvalue weighted by Crippen LogP contribution is 2.16. The van der Waals surface area contributed by atoms with Gasteiger partial charge in [-0.25, -0.2) is 4.79 Å². The van der Waals surface area contributed by atoms with Crippen LogP contribution in [0.3, 0.4) is 0 Å². The zero-order chi connectivity index (χ0) is 21.3. The van der Waals surface area contributed by atoms with Gasteiger partial charge in [0.05, 0.1) is 10.5 Å². The van der Waals surface area contributed by atoms with Gasteiger partial charge >= 0.3 is 5.97 Å². The summed E-state index contributed by atoms with van der Waals surface area (Å²) >= 11 is 0. The van der Waals surface area contributed by atoms with Crippen LogP contribution in [-0.2, 0) is 16.1 Å². The summed E-state index contributed by atoms with van der Waals surface area (Å²) in [5.41, 5.74) is 1.59. The molecule has 0 aliphatic rings. The van der Waals surface area contributed by atoms with Crippen LogP contribution in [0.25, 0.3) is 0 Å². The van der Waals surface area contributed by atoms with Crippen LogP contribution in [0.15, 0.2) is 78.9 Å². The number of amides is 1. The van der Waals surface area contributed by atoms with Crippen molar-refractivity contribution in [3.63, 3.8) is 0 Å². The van der Waals surface area contributed by atoms with E-state index in [-0.39, 0.29) is 11.3 Å². The number of non-ortho nitro benzene ring substituents is 1. The van der Waals surface area contributed by atoms with Crippen LogP contribution >= 0.6 is 0 Å². The predicted octanol–water partition coefficient (Wildman–Crippen LogP) is 3.97. The Balaban J connectivity index is 1.45. The first-order chi connectivity index (χ1) is 14.5. The first-order valence-corrected chi connectivity index (χ1v) is 8.99. The van der Waals surface area contributed by atoms with Crippen LogP contribution in [0, 0.1) is 10.1 Å². The van der Waals surface area contributed by atoms with Crippen molar-refractivity contribution in [2.24, 2.45) is 0 Å². The van der Waals surface area contributed by atoms with E-state index in [0.717, 1.165) is 5.56 Å². The summed E-state index contributed by atoms with van der Waals surface area (Å²) in [6, 6.07) is 21.4. The van der Waals surface area contributed by atoms with Crippen LogP contribution in [0.1, 0.15) is 15.9 Å². The number of ether oxygens (including phenoxy) is 2. The summed E-state index contributed by atoms with van der Waals surface area (Å²) in [7, 11) is 0. The number of anilines is 1. The fourth-order valence-electron chi connectivity index (χ4n) is 2.51. The zero-order valence-electron chi connectivity index (χ0n) is 15.8. The molecule has 0 saturated carbocycles. The third-order valence-electron chi connectivity index (χ3n) is 4.03. The van der Waals surface area contributed by atoms with Gasteiger partial charge in [-0.05, 0) is 42.0 Å². The number of hydrogen-bond acceptors (Lipinski definition) is 6. The van der Waals surface area contributed by atoms with Gasteiger partial charge in [0.1, 0.15) is 12.4 Å². The molecule has 0 saturated heterocycles. The molecule has 0 unspecified atom stereocenters. The number of esters is 1. The van der Waals surface area contributed by atoms with E-state index >= 15 is 0 Å². The summed E-state index contributed by atoms with van der Waals surface area (Å²) in [5, 5.41) is 13.1. The van der Waals surface area contributed by atoms with Gasteiger partial charge in [0.15, 0.2) is 6.61 Å². The van der Waals surface area contributed by atoms with E-state index in [0.29, 0.717) is 18.0 Å². The van der Waals surface area contributed by atoms with Crippen molar-refractivity contribution in [1.29, 1.82) is 0 Å². The van der Waals surface area contributed by atoms with Gasteiger partial charge in [0.2, 0.25) is 0 Å². The Morgan fingerprint density at radius 3 is 2.20 bits per heavy atom. The van der Waals surface area contributed by atoms with E-state index in [2.05, 4.69) is 5.32 Å². The molecule has 0 bridgehead atoms. The molecule has 0 radical (unpaired) electrons. The maximum absolute atomic E-state index is 12.1. The Hall–Kier alpha value is -4.20. The molecule has 3 aromatic carbocycles. The van der Waals surface area contributed by atoms with Gasteiger partial charge in [-0.2, -0.15) is 0 Å². The molecule has 0 atom stereocenters. The molecule has 8 heteroatoms. The van der Waals surface area contributed by atoms with Gasteiger partial charge in [-0.1, -0.05) is 30.3 Å². The summed E-state index contributed by atoms with van der Waals surface area (Å²) < 4.78 is 10.6. The second-order valence-corrected chi connectivity index (χ2v) is 6.23. The fourth-order valence-corrected chi connectivity index (χ4v) is 2.51. The van der Waals surface area contributed by atoms with Crippen LogP contribution in [-0.4, -0.2) is 23.4 Å². The van der Waals surface area contributed by atoms with Gasteiger partial charge < -0.3 is 14.8 Å². The first kappa shape index (κ1) is 20.5. The molecule has 0 spiro atoms. The summed E-state index contributed by atoms with van der Waals surface area (Å²) in [4.78, 5) is 34.1. The molecule has 0 heterocycles.